The molecule has 18 heavy (non-hydrogen) atoms. The Morgan fingerprint density at radius 3 is 2.72 bits per heavy atom. The molecule has 1 heterocycles. The molecule has 1 aromatic carbocycles. The Balaban J connectivity index is 1.79. The minimum Gasteiger partial charge on any atom is -0.399 e. The number of rotatable bonds is 4. The highest BCUT2D eigenvalue weighted by molar-refractivity contribution is 5.77. The van der Waals surface area contributed by atoms with Crippen LogP contribution in [0.25, 0.3) is 0 Å². The average Bonchev–Trinajstić information content (AvgIpc) is 2.80. The Kier molecular flexibility index (Phi) is 4.07. The number of aryl methyl sites for hydroxylation is 1. The normalized spacial score (nSPS) is 14.8. The van der Waals surface area contributed by atoms with Gasteiger partial charge in [0.2, 0.25) is 5.91 Å². The highest BCUT2D eigenvalue weighted by atomic mass is 16.2. The molecule has 0 radical (unpaired) electrons. The van der Waals surface area contributed by atoms with E-state index in [9.17, 15) is 4.79 Å². The molecule has 2 rings (SSSR count). The van der Waals surface area contributed by atoms with Gasteiger partial charge in [0, 0.05) is 37.4 Å². The van der Waals surface area contributed by atoms with Crippen LogP contribution < -0.4 is 11.1 Å². The monoisotopic (exact) mass is 247 g/mol. The number of benzene rings is 1. The molecule has 0 atom stereocenters. The number of anilines is 2. The summed E-state index contributed by atoms with van der Waals surface area (Å²) in [7, 11) is 0. The van der Waals surface area contributed by atoms with E-state index in [0.717, 1.165) is 42.9 Å². The Hall–Kier alpha value is -1.71. The first-order valence-electron chi connectivity index (χ1n) is 6.54. The molecule has 0 saturated carbocycles. The molecule has 0 unspecified atom stereocenters. The molecular formula is C14H21N3O. The molecule has 1 amide bonds. The van der Waals surface area contributed by atoms with Gasteiger partial charge in [0.05, 0.1) is 0 Å². The van der Waals surface area contributed by atoms with E-state index >= 15 is 0 Å². The van der Waals surface area contributed by atoms with E-state index in [1.165, 1.54) is 0 Å². The summed E-state index contributed by atoms with van der Waals surface area (Å²) >= 11 is 0. The molecule has 0 bridgehead atoms. The minimum absolute atomic E-state index is 0.251. The lowest BCUT2D eigenvalue weighted by Crippen LogP contribution is -2.29. The first-order valence-corrected chi connectivity index (χ1v) is 6.54. The molecule has 4 heteroatoms. The van der Waals surface area contributed by atoms with Gasteiger partial charge >= 0.3 is 0 Å². The van der Waals surface area contributed by atoms with Gasteiger partial charge in [0.25, 0.3) is 0 Å². The molecule has 3 N–H and O–H groups in total. The van der Waals surface area contributed by atoms with Crippen LogP contribution in [0.15, 0.2) is 18.2 Å². The first kappa shape index (κ1) is 12.7. The fourth-order valence-corrected chi connectivity index (χ4v) is 2.35. The van der Waals surface area contributed by atoms with Crippen molar-refractivity contribution in [3.63, 3.8) is 0 Å². The van der Waals surface area contributed by atoms with Crippen LogP contribution in [0.3, 0.4) is 0 Å². The largest absolute Gasteiger partial charge is 0.399 e. The van der Waals surface area contributed by atoms with Crippen molar-refractivity contribution in [2.75, 3.05) is 30.7 Å². The SMILES string of the molecule is Cc1cc(N)cc(NCCC(=O)N2CCCC2)c1. The topological polar surface area (TPSA) is 58.4 Å². The van der Waals surface area contributed by atoms with Crippen LogP contribution in [-0.2, 0) is 4.79 Å². The van der Waals surface area contributed by atoms with E-state index in [-0.39, 0.29) is 5.91 Å². The molecule has 1 aromatic rings. The lowest BCUT2D eigenvalue weighted by atomic mass is 10.2. The van der Waals surface area contributed by atoms with Crippen LogP contribution in [0.2, 0.25) is 0 Å². The predicted molar refractivity (Wildman–Crippen MR) is 74.5 cm³/mol. The second-order valence-corrected chi connectivity index (χ2v) is 4.90. The zero-order chi connectivity index (χ0) is 13.0. The van der Waals surface area contributed by atoms with Crippen molar-refractivity contribution in [2.45, 2.75) is 26.2 Å². The van der Waals surface area contributed by atoms with Gasteiger partial charge < -0.3 is 16.0 Å². The Morgan fingerprint density at radius 2 is 2.06 bits per heavy atom. The van der Waals surface area contributed by atoms with Crippen LogP contribution in [0.4, 0.5) is 11.4 Å². The molecular weight excluding hydrogens is 226 g/mol. The molecule has 1 aliphatic heterocycles. The molecule has 0 aliphatic carbocycles. The third-order valence-corrected chi connectivity index (χ3v) is 3.23. The van der Waals surface area contributed by atoms with Gasteiger partial charge in [-0.3, -0.25) is 4.79 Å². The summed E-state index contributed by atoms with van der Waals surface area (Å²) in [6.07, 6.45) is 2.84. The molecule has 0 spiro atoms. The lowest BCUT2D eigenvalue weighted by Gasteiger charge is -2.15. The van der Waals surface area contributed by atoms with Crippen molar-refractivity contribution in [3.05, 3.63) is 23.8 Å². The molecule has 1 aliphatic rings. The number of carbonyl (C=O) groups excluding carboxylic acids is 1. The average molecular weight is 247 g/mol. The third-order valence-electron chi connectivity index (χ3n) is 3.23. The van der Waals surface area contributed by atoms with Crippen LogP contribution in [0.5, 0.6) is 0 Å². The zero-order valence-corrected chi connectivity index (χ0v) is 10.9. The van der Waals surface area contributed by atoms with Gasteiger partial charge in [-0.1, -0.05) is 0 Å². The number of nitrogen functional groups attached to an aromatic ring is 1. The van der Waals surface area contributed by atoms with Crippen LogP contribution >= 0.6 is 0 Å². The number of amides is 1. The van der Waals surface area contributed by atoms with Gasteiger partial charge in [-0.15, -0.1) is 0 Å². The number of hydrogen-bond donors (Lipinski definition) is 2. The predicted octanol–water partition coefficient (Wildman–Crippen LogP) is 2.00. The van der Waals surface area contributed by atoms with E-state index in [2.05, 4.69) is 5.32 Å². The van der Waals surface area contributed by atoms with Crippen molar-refractivity contribution < 1.29 is 4.79 Å². The fraction of sp³-hybridized carbons (Fsp3) is 0.500. The Bertz CT molecular complexity index is 405. The summed E-state index contributed by atoms with van der Waals surface area (Å²) < 4.78 is 0. The number of nitrogens with one attached hydrogen (secondary N) is 1. The number of likely N-dealkylation sites (tertiary alicyclic amines) is 1. The summed E-state index contributed by atoms with van der Waals surface area (Å²) in [5.41, 5.74) is 8.64. The quantitative estimate of drug-likeness (QED) is 0.800. The smallest absolute Gasteiger partial charge is 0.224 e. The van der Waals surface area contributed by atoms with E-state index in [1.54, 1.807) is 0 Å². The molecule has 0 aromatic heterocycles. The van der Waals surface area contributed by atoms with Crippen LogP contribution in [0.1, 0.15) is 24.8 Å². The highest BCUT2D eigenvalue weighted by Crippen LogP contribution is 2.16. The van der Waals surface area contributed by atoms with Crippen molar-refractivity contribution in [2.24, 2.45) is 0 Å². The van der Waals surface area contributed by atoms with Crippen LogP contribution in [-0.4, -0.2) is 30.4 Å². The summed E-state index contributed by atoms with van der Waals surface area (Å²) in [5.74, 6) is 0.251. The second kappa shape index (κ2) is 5.76. The summed E-state index contributed by atoms with van der Waals surface area (Å²) in [5, 5.41) is 3.25. The summed E-state index contributed by atoms with van der Waals surface area (Å²) in [4.78, 5) is 13.8. The fourth-order valence-electron chi connectivity index (χ4n) is 2.35. The van der Waals surface area contributed by atoms with Gasteiger partial charge in [-0.05, 0) is 43.5 Å². The van der Waals surface area contributed by atoms with Gasteiger partial charge in [-0.2, -0.15) is 0 Å². The van der Waals surface area contributed by atoms with Crippen molar-refractivity contribution in [3.8, 4) is 0 Å². The van der Waals surface area contributed by atoms with E-state index in [4.69, 9.17) is 5.73 Å². The molecule has 4 nitrogen and oxygen atoms in total. The standard InChI is InChI=1S/C14H21N3O/c1-11-8-12(15)10-13(9-11)16-5-4-14(18)17-6-2-3-7-17/h8-10,16H,2-7,15H2,1H3. The van der Waals surface area contributed by atoms with Crippen LogP contribution in [0, 0.1) is 6.92 Å². The maximum Gasteiger partial charge on any atom is 0.224 e. The van der Waals surface area contributed by atoms with Crippen molar-refractivity contribution in [1.29, 1.82) is 0 Å². The number of nitrogens with zero attached hydrogens (tertiary/aromatic N) is 1. The third kappa shape index (κ3) is 3.39. The zero-order valence-electron chi connectivity index (χ0n) is 10.9. The maximum absolute atomic E-state index is 11.8. The maximum atomic E-state index is 11.8. The Labute approximate surface area is 108 Å². The first-order chi connectivity index (χ1) is 8.65. The minimum atomic E-state index is 0.251. The number of nitrogens with two attached hydrogens (primary N) is 1. The van der Waals surface area contributed by atoms with Gasteiger partial charge in [0.1, 0.15) is 0 Å². The van der Waals surface area contributed by atoms with Gasteiger partial charge in [-0.25, -0.2) is 0 Å². The number of carbonyl (C=O) groups is 1. The second-order valence-electron chi connectivity index (χ2n) is 4.90. The molecule has 1 fully saturated rings. The van der Waals surface area contributed by atoms with Gasteiger partial charge in [0.15, 0.2) is 0 Å². The van der Waals surface area contributed by atoms with E-state index < -0.39 is 0 Å². The van der Waals surface area contributed by atoms with Crippen molar-refractivity contribution >= 4 is 17.3 Å². The van der Waals surface area contributed by atoms with Crippen molar-refractivity contribution in [1.82, 2.24) is 4.90 Å². The number of hydrogen-bond acceptors (Lipinski definition) is 3. The van der Waals surface area contributed by atoms with E-state index in [1.807, 2.05) is 30.0 Å². The molecule has 98 valence electrons. The lowest BCUT2D eigenvalue weighted by molar-refractivity contribution is -0.129. The highest BCUT2D eigenvalue weighted by Gasteiger charge is 2.16. The molecule has 1 saturated heterocycles. The summed E-state index contributed by atoms with van der Waals surface area (Å²) in [6.45, 7) is 4.53. The van der Waals surface area contributed by atoms with E-state index in [0.29, 0.717) is 13.0 Å². The summed E-state index contributed by atoms with van der Waals surface area (Å²) in [6, 6.07) is 5.87. The Morgan fingerprint density at radius 1 is 1.33 bits per heavy atom.